The molecule has 0 bridgehead atoms. The van der Waals surface area contributed by atoms with Gasteiger partial charge < -0.3 is 4.74 Å². The molecule has 2 nitrogen and oxygen atoms in total. The second-order valence-electron chi connectivity index (χ2n) is 3.50. The lowest BCUT2D eigenvalue weighted by molar-refractivity contribution is 0.00194. The van der Waals surface area contributed by atoms with E-state index in [9.17, 15) is 0 Å². The van der Waals surface area contributed by atoms with Crippen molar-refractivity contribution < 1.29 is 4.74 Å². The molecule has 1 aliphatic rings. The molecule has 1 heterocycles. The van der Waals surface area contributed by atoms with Crippen LogP contribution < -0.4 is 5.32 Å². The van der Waals surface area contributed by atoms with E-state index in [0.717, 1.165) is 30.5 Å². The second kappa shape index (κ2) is 6.48. The Hall–Kier alpha value is -0.0900. The highest BCUT2D eigenvalue weighted by Crippen LogP contribution is 2.14. The maximum absolute atomic E-state index is 5.60. The van der Waals surface area contributed by atoms with Gasteiger partial charge in [-0.1, -0.05) is 28.1 Å². The van der Waals surface area contributed by atoms with E-state index in [2.05, 4.69) is 39.4 Å². The second-order valence-corrected chi connectivity index (χ2v) is 4.42. The van der Waals surface area contributed by atoms with Gasteiger partial charge in [-0.3, -0.25) is 5.32 Å². The minimum atomic E-state index is 0. The smallest absolute Gasteiger partial charge is 0.112 e. The van der Waals surface area contributed by atoms with Crippen molar-refractivity contribution in [1.29, 1.82) is 0 Å². The number of ether oxygens (including phenoxy) is 1. The van der Waals surface area contributed by atoms with Crippen LogP contribution in [0.15, 0.2) is 28.7 Å². The third-order valence-corrected chi connectivity index (χ3v) is 2.82. The summed E-state index contributed by atoms with van der Waals surface area (Å²) in [5.74, 6) is 0. The van der Waals surface area contributed by atoms with Gasteiger partial charge in [0.05, 0.1) is 0 Å². The van der Waals surface area contributed by atoms with Gasteiger partial charge in [0, 0.05) is 17.5 Å². The summed E-state index contributed by atoms with van der Waals surface area (Å²) in [5, 5.41) is 3.35. The van der Waals surface area contributed by atoms with Crippen molar-refractivity contribution in [2.75, 3.05) is 13.2 Å². The molecule has 1 fully saturated rings. The molecule has 1 atom stereocenters. The lowest BCUT2D eigenvalue weighted by atomic mass is 10.1. The quantitative estimate of drug-likeness (QED) is 0.905. The average molecular weight is 293 g/mol. The van der Waals surface area contributed by atoms with Crippen molar-refractivity contribution in [2.24, 2.45) is 0 Å². The van der Waals surface area contributed by atoms with Crippen molar-refractivity contribution in [1.82, 2.24) is 5.32 Å². The molecule has 1 unspecified atom stereocenters. The van der Waals surface area contributed by atoms with E-state index in [1.165, 1.54) is 5.56 Å². The summed E-state index contributed by atoms with van der Waals surface area (Å²) >= 11 is 3.47. The lowest BCUT2D eigenvalue weighted by Gasteiger charge is -2.24. The maximum atomic E-state index is 5.60. The highest BCUT2D eigenvalue weighted by molar-refractivity contribution is 9.10. The van der Waals surface area contributed by atoms with Crippen molar-refractivity contribution in [3.05, 3.63) is 34.3 Å². The molecule has 1 aliphatic heterocycles. The summed E-state index contributed by atoms with van der Waals surface area (Å²) in [6.07, 6.45) is 2.26. The van der Waals surface area contributed by atoms with Gasteiger partial charge in [0.1, 0.15) is 6.23 Å². The van der Waals surface area contributed by atoms with Crippen LogP contribution in [0.5, 0.6) is 0 Å². The predicted octanol–water partition coefficient (Wildman–Crippen LogP) is 2.75. The van der Waals surface area contributed by atoms with Crippen LogP contribution in [0, 0.1) is 0 Å². The summed E-state index contributed by atoms with van der Waals surface area (Å²) in [5.41, 5.74) is 1.30. The first-order valence-electron chi connectivity index (χ1n) is 4.94. The molecule has 1 aromatic carbocycles. The SMILES string of the molecule is Brc1cccc(CC2NCCCO2)c1.Cl. The zero-order chi connectivity index (χ0) is 9.80. The lowest BCUT2D eigenvalue weighted by Crippen LogP contribution is -2.39. The van der Waals surface area contributed by atoms with Gasteiger partial charge in [0.15, 0.2) is 0 Å². The average Bonchev–Trinajstić information content (AvgIpc) is 2.19. The van der Waals surface area contributed by atoms with E-state index in [0.29, 0.717) is 0 Å². The van der Waals surface area contributed by atoms with Crippen molar-refractivity contribution in [3.63, 3.8) is 0 Å². The van der Waals surface area contributed by atoms with Crippen molar-refractivity contribution in [3.8, 4) is 0 Å². The minimum Gasteiger partial charge on any atom is -0.363 e. The Morgan fingerprint density at radius 2 is 2.33 bits per heavy atom. The Balaban J connectivity index is 0.00000112. The molecule has 84 valence electrons. The first-order chi connectivity index (χ1) is 6.84. The van der Waals surface area contributed by atoms with Crippen LogP contribution in [0.2, 0.25) is 0 Å². The Labute approximate surface area is 105 Å². The van der Waals surface area contributed by atoms with E-state index >= 15 is 0 Å². The van der Waals surface area contributed by atoms with Crippen LogP contribution in [-0.4, -0.2) is 19.4 Å². The maximum Gasteiger partial charge on any atom is 0.112 e. The molecule has 1 N–H and O–H groups in total. The molecule has 0 aromatic heterocycles. The third-order valence-electron chi connectivity index (χ3n) is 2.32. The van der Waals surface area contributed by atoms with Gasteiger partial charge >= 0.3 is 0 Å². The number of hydrogen-bond donors (Lipinski definition) is 1. The number of nitrogens with one attached hydrogen (secondary N) is 1. The number of rotatable bonds is 2. The van der Waals surface area contributed by atoms with Gasteiger partial charge in [0.25, 0.3) is 0 Å². The molecule has 0 radical (unpaired) electrons. The first-order valence-corrected chi connectivity index (χ1v) is 5.73. The van der Waals surface area contributed by atoms with E-state index in [4.69, 9.17) is 4.74 Å². The molecule has 0 saturated carbocycles. The monoisotopic (exact) mass is 291 g/mol. The molecule has 1 aromatic rings. The molecule has 2 rings (SSSR count). The number of benzene rings is 1. The summed E-state index contributed by atoms with van der Waals surface area (Å²) in [6, 6.07) is 8.37. The molecular weight excluding hydrogens is 277 g/mol. The third kappa shape index (κ3) is 4.11. The summed E-state index contributed by atoms with van der Waals surface area (Å²) in [6.45, 7) is 1.95. The van der Waals surface area contributed by atoms with Gasteiger partial charge in [0.2, 0.25) is 0 Å². The fourth-order valence-electron chi connectivity index (χ4n) is 1.63. The van der Waals surface area contributed by atoms with Crippen molar-refractivity contribution in [2.45, 2.75) is 19.1 Å². The zero-order valence-electron chi connectivity index (χ0n) is 8.41. The highest BCUT2D eigenvalue weighted by atomic mass is 79.9. The first kappa shape index (κ1) is 13.0. The fraction of sp³-hybridized carbons (Fsp3) is 0.455. The summed E-state index contributed by atoms with van der Waals surface area (Å²) in [7, 11) is 0. The standard InChI is InChI=1S/C11H14BrNO.ClH/c12-10-4-1-3-9(7-10)8-11-13-5-2-6-14-11;/h1,3-4,7,11,13H,2,5-6,8H2;1H. The Kier molecular flexibility index (Phi) is 5.61. The summed E-state index contributed by atoms with van der Waals surface area (Å²) < 4.78 is 6.73. The largest absolute Gasteiger partial charge is 0.363 e. The van der Waals surface area contributed by atoms with E-state index < -0.39 is 0 Å². The number of halogens is 2. The summed E-state index contributed by atoms with van der Waals surface area (Å²) in [4.78, 5) is 0. The van der Waals surface area contributed by atoms with Gasteiger partial charge in [-0.25, -0.2) is 0 Å². The van der Waals surface area contributed by atoms with Gasteiger partial charge in [-0.15, -0.1) is 12.4 Å². The number of hydrogen-bond acceptors (Lipinski definition) is 2. The fourth-order valence-corrected chi connectivity index (χ4v) is 2.08. The van der Waals surface area contributed by atoms with Gasteiger partial charge in [-0.2, -0.15) is 0 Å². The van der Waals surface area contributed by atoms with Crippen LogP contribution in [0.3, 0.4) is 0 Å². The van der Waals surface area contributed by atoms with Crippen LogP contribution in [0.1, 0.15) is 12.0 Å². The van der Waals surface area contributed by atoms with E-state index in [1.54, 1.807) is 0 Å². The van der Waals surface area contributed by atoms with E-state index in [1.807, 2.05) is 6.07 Å². The van der Waals surface area contributed by atoms with E-state index in [-0.39, 0.29) is 18.6 Å². The topological polar surface area (TPSA) is 21.3 Å². The Morgan fingerprint density at radius 1 is 1.47 bits per heavy atom. The van der Waals surface area contributed by atoms with Crippen molar-refractivity contribution >= 4 is 28.3 Å². The van der Waals surface area contributed by atoms with Crippen LogP contribution in [-0.2, 0) is 11.2 Å². The molecule has 0 aliphatic carbocycles. The van der Waals surface area contributed by atoms with Gasteiger partial charge in [-0.05, 0) is 30.7 Å². The Morgan fingerprint density at radius 3 is 3.00 bits per heavy atom. The molecule has 0 spiro atoms. The molecule has 15 heavy (non-hydrogen) atoms. The molecule has 0 amide bonds. The van der Waals surface area contributed by atoms with Crippen LogP contribution in [0.4, 0.5) is 0 Å². The van der Waals surface area contributed by atoms with Crippen LogP contribution in [0.25, 0.3) is 0 Å². The normalized spacial score (nSPS) is 20.7. The minimum absolute atomic E-state index is 0. The molecule has 4 heteroatoms. The van der Waals surface area contributed by atoms with Crippen LogP contribution >= 0.6 is 28.3 Å². The molecule has 1 saturated heterocycles. The zero-order valence-corrected chi connectivity index (χ0v) is 10.8. The molecular formula is C11H15BrClNO. The predicted molar refractivity (Wildman–Crippen MR) is 67.5 cm³/mol. The Bertz CT molecular complexity index is 302. The highest BCUT2D eigenvalue weighted by Gasteiger charge is 2.12.